The predicted octanol–water partition coefficient (Wildman–Crippen LogP) is 5.76. The average molecular weight is 500 g/mol. The van der Waals surface area contributed by atoms with E-state index >= 15 is 0 Å². The zero-order valence-corrected chi connectivity index (χ0v) is 20.7. The van der Waals surface area contributed by atoms with Gasteiger partial charge >= 0.3 is 5.16 Å². The SMILES string of the molecule is CC1CCN(c2nc([S+](C)[O-])nc3c2nc(-c2ccccc2Cl)n3-c2ccc(Cl)cc2)CC1. The average Bonchev–Trinajstić information content (AvgIpc) is 3.19. The molecule has 33 heavy (non-hydrogen) atoms. The third-order valence-corrected chi connectivity index (χ3v) is 7.29. The monoisotopic (exact) mass is 499 g/mol. The molecule has 2 aromatic carbocycles. The van der Waals surface area contributed by atoms with Crippen molar-refractivity contribution in [3.63, 3.8) is 0 Å². The highest BCUT2D eigenvalue weighted by atomic mass is 35.5. The van der Waals surface area contributed by atoms with Gasteiger partial charge in [0.15, 0.2) is 17.0 Å². The third kappa shape index (κ3) is 4.30. The summed E-state index contributed by atoms with van der Waals surface area (Å²) in [4.78, 5) is 16.7. The number of halogens is 2. The van der Waals surface area contributed by atoms with Crippen molar-refractivity contribution in [1.82, 2.24) is 19.5 Å². The highest BCUT2D eigenvalue weighted by Crippen LogP contribution is 2.36. The van der Waals surface area contributed by atoms with E-state index in [-0.39, 0.29) is 5.16 Å². The van der Waals surface area contributed by atoms with Crippen LogP contribution in [0, 0.1) is 5.92 Å². The normalized spacial score (nSPS) is 15.8. The molecule has 6 nitrogen and oxygen atoms in total. The second-order valence-electron chi connectivity index (χ2n) is 8.35. The van der Waals surface area contributed by atoms with Gasteiger partial charge in [-0.1, -0.05) is 42.3 Å². The van der Waals surface area contributed by atoms with Crippen LogP contribution in [0.25, 0.3) is 28.2 Å². The standard InChI is InChI=1S/C24H23Cl2N5OS/c1-15-11-13-30(14-12-15)22-20-23(29-24(28-22)33(2)32)31(17-9-7-16(25)8-10-17)21(27-20)18-5-3-4-6-19(18)26/h3-10,15H,11-14H2,1-2H3. The number of fused-ring (bicyclic) bond motifs is 1. The molecule has 1 unspecified atom stereocenters. The zero-order chi connectivity index (χ0) is 23.1. The summed E-state index contributed by atoms with van der Waals surface area (Å²) < 4.78 is 14.4. The Morgan fingerprint density at radius 2 is 1.67 bits per heavy atom. The fraction of sp³-hybridized carbons (Fsp3) is 0.292. The van der Waals surface area contributed by atoms with Gasteiger partial charge in [-0.2, -0.15) is 9.97 Å². The van der Waals surface area contributed by atoms with E-state index in [1.807, 2.05) is 53.1 Å². The Labute approximate surface area is 205 Å². The first-order chi connectivity index (χ1) is 15.9. The van der Waals surface area contributed by atoms with Crippen LogP contribution in [-0.2, 0) is 11.2 Å². The summed E-state index contributed by atoms with van der Waals surface area (Å²) in [5, 5.41) is 1.51. The first kappa shape index (κ1) is 22.5. The molecular formula is C24H23Cl2N5OS. The van der Waals surface area contributed by atoms with Gasteiger partial charge in [-0.05, 0) is 55.2 Å². The van der Waals surface area contributed by atoms with Crippen molar-refractivity contribution in [3.05, 3.63) is 58.6 Å². The molecule has 0 spiro atoms. The van der Waals surface area contributed by atoms with Gasteiger partial charge in [0.25, 0.3) is 0 Å². The highest BCUT2D eigenvalue weighted by Gasteiger charge is 2.28. The van der Waals surface area contributed by atoms with Crippen LogP contribution in [0.3, 0.4) is 0 Å². The van der Waals surface area contributed by atoms with Gasteiger partial charge in [-0.25, -0.2) is 4.98 Å². The van der Waals surface area contributed by atoms with Gasteiger partial charge in [-0.3, -0.25) is 4.57 Å². The molecule has 2 aromatic heterocycles. The van der Waals surface area contributed by atoms with E-state index in [4.69, 9.17) is 38.2 Å². The molecule has 3 heterocycles. The van der Waals surface area contributed by atoms with Gasteiger partial charge in [0, 0.05) is 40.5 Å². The van der Waals surface area contributed by atoms with Crippen molar-refractivity contribution in [2.75, 3.05) is 24.2 Å². The fourth-order valence-corrected chi connectivity index (χ4v) is 4.93. The lowest BCUT2D eigenvalue weighted by molar-refractivity contribution is 0.436. The summed E-state index contributed by atoms with van der Waals surface area (Å²) in [5.41, 5.74) is 2.88. The lowest BCUT2D eigenvalue weighted by Gasteiger charge is -2.31. The van der Waals surface area contributed by atoms with E-state index in [0.29, 0.717) is 33.0 Å². The number of imidazole rings is 1. The van der Waals surface area contributed by atoms with Crippen LogP contribution in [0.4, 0.5) is 5.82 Å². The van der Waals surface area contributed by atoms with E-state index < -0.39 is 11.2 Å². The highest BCUT2D eigenvalue weighted by molar-refractivity contribution is 7.90. The Morgan fingerprint density at radius 1 is 0.970 bits per heavy atom. The predicted molar refractivity (Wildman–Crippen MR) is 135 cm³/mol. The van der Waals surface area contributed by atoms with Crippen molar-refractivity contribution in [3.8, 4) is 17.1 Å². The molecule has 0 saturated carbocycles. The smallest absolute Gasteiger partial charge is 0.346 e. The molecule has 0 amide bonds. The molecule has 1 fully saturated rings. The zero-order valence-electron chi connectivity index (χ0n) is 18.3. The Bertz CT molecular complexity index is 1300. The lowest BCUT2D eigenvalue weighted by atomic mass is 9.99. The number of piperidine rings is 1. The molecule has 9 heteroatoms. The molecule has 0 bridgehead atoms. The van der Waals surface area contributed by atoms with E-state index in [1.165, 1.54) is 0 Å². The minimum Gasteiger partial charge on any atom is -0.609 e. The summed E-state index contributed by atoms with van der Waals surface area (Å²) in [6.45, 7) is 4.01. The molecule has 1 atom stereocenters. The second-order valence-corrected chi connectivity index (χ2v) is 10.5. The Hall–Kier alpha value is -2.32. The van der Waals surface area contributed by atoms with E-state index in [1.54, 1.807) is 6.26 Å². The second kappa shape index (κ2) is 9.14. The molecule has 0 radical (unpaired) electrons. The first-order valence-corrected chi connectivity index (χ1v) is 13.1. The van der Waals surface area contributed by atoms with Gasteiger partial charge in [-0.15, -0.1) is 0 Å². The van der Waals surface area contributed by atoms with Gasteiger partial charge in [0.2, 0.25) is 0 Å². The fourth-order valence-electron chi connectivity index (χ4n) is 4.15. The van der Waals surface area contributed by atoms with E-state index in [9.17, 15) is 4.55 Å². The quantitative estimate of drug-likeness (QED) is 0.263. The van der Waals surface area contributed by atoms with Crippen molar-refractivity contribution in [2.24, 2.45) is 5.92 Å². The molecular weight excluding hydrogens is 477 g/mol. The summed E-state index contributed by atoms with van der Waals surface area (Å²) in [6.07, 6.45) is 3.75. The summed E-state index contributed by atoms with van der Waals surface area (Å²) in [5.74, 6) is 2.04. The number of anilines is 1. The summed E-state index contributed by atoms with van der Waals surface area (Å²) in [7, 11) is 0. The number of hydrogen-bond acceptors (Lipinski definition) is 5. The lowest BCUT2D eigenvalue weighted by Crippen LogP contribution is -2.34. The van der Waals surface area contributed by atoms with Crippen LogP contribution in [0.15, 0.2) is 53.7 Å². The van der Waals surface area contributed by atoms with E-state index in [2.05, 4.69) is 11.8 Å². The molecule has 1 aliphatic heterocycles. The minimum absolute atomic E-state index is 0.289. The van der Waals surface area contributed by atoms with Crippen molar-refractivity contribution < 1.29 is 4.55 Å². The Balaban J connectivity index is 1.82. The molecule has 0 N–H and O–H groups in total. The largest absolute Gasteiger partial charge is 0.609 e. The van der Waals surface area contributed by atoms with Crippen molar-refractivity contribution in [2.45, 2.75) is 24.9 Å². The van der Waals surface area contributed by atoms with Crippen LogP contribution in [0.5, 0.6) is 0 Å². The van der Waals surface area contributed by atoms with Gasteiger partial charge in [0.05, 0.1) is 5.02 Å². The van der Waals surface area contributed by atoms with Crippen LogP contribution in [0.1, 0.15) is 19.8 Å². The molecule has 170 valence electrons. The maximum Gasteiger partial charge on any atom is 0.346 e. The number of aromatic nitrogens is 4. The third-order valence-electron chi connectivity index (χ3n) is 6.01. The number of benzene rings is 2. The van der Waals surface area contributed by atoms with Gasteiger partial charge < -0.3 is 9.45 Å². The summed E-state index contributed by atoms with van der Waals surface area (Å²) >= 11 is 11.4. The van der Waals surface area contributed by atoms with Crippen LogP contribution < -0.4 is 4.90 Å². The Morgan fingerprint density at radius 3 is 2.33 bits per heavy atom. The van der Waals surface area contributed by atoms with Gasteiger partial charge in [0.1, 0.15) is 12.1 Å². The van der Waals surface area contributed by atoms with Crippen molar-refractivity contribution >= 4 is 51.4 Å². The molecule has 0 aliphatic carbocycles. The first-order valence-electron chi connectivity index (χ1n) is 10.8. The number of nitrogens with zero attached hydrogens (tertiary/aromatic N) is 5. The molecule has 5 rings (SSSR count). The Kier molecular flexibility index (Phi) is 6.22. The maximum atomic E-state index is 12.5. The van der Waals surface area contributed by atoms with Crippen LogP contribution >= 0.6 is 23.2 Å². The number of hydrogen-bond donors (Lipinski definition) is 0. The molecule has 4 aromatic rings. The van der Waals surface area contributed by atoms with Crippen LogP contribution in [-0.4, -0.2) is 43.4 Å². The molecule has 1 saturated heterocycles. The summed E-state index contributed by atoms with van der Waals surface area (Å²) in [6, 6.07) is 15.1. The van der Waals surface area contributed by atoms with Crippen LogP contribution in [0.2, 0.25) is 10.0 Å². The maximum absolute atomic E-state index is 12.5. The van der Waals surface area contributed by atoms with E-state index in [0.717, 1.165) is 43.0 Å². The minimum atomic E-state index is -1.35. The number of rotatable bonds is 4. The topological polar surface area (TPSA) is 69.9 Å². The van der Waals surface area contributed by atoms with Crippen molar-refractivity contribution in [1.29, 1.82) is 0 Å². The molecule has 1 aliphatic rings.